The van der Waals surface area contributed by atoms with Crippen LogP contribution in [0, 0.1) is 11.6 Å². The number of hydrogen-bond acceptors (Lipinski definition) is 11. The standard InChI is InChI=1S/C10H16FN2O14P3S/c1-4-2-13(9(16)12-7(4)31)8-5(14)6(15)10(11,25-8)3-24-29(20,21)27-30(22,23)26-28(17,18)19/h2,5-6,8,14-15H,3H2,1H3,(H,20,21)(H,22,23)(H,12,16,31)(H2,17,18,19)/t5-,6+,8-,10-/m1/s1/i8D. The molecule has 1 aromatic rings. The number of aryl methyl sites for hydroxylation is 1. The molecule has 31 heavy (non-hydrogen) atoms. The molecule has 2 heterocycles. The van der Waals surface area contributed by atoms with Gasteiger partial charge in [0.05, 0.1) is 1.37 Å². The van der Waals surface area contributed by atoms with Gasteiger partial charge >= 0.3 is 29.2 Å². The minimum atomic E-state index is -5.91. The topological polar surface area (TPSA) is 247 Å². The molecule has 0 spiro atoms. The first kappa shape index (κ1) is 25.0. The third-order valence-electron chi connectivity index (χ3n) is 3.47. The number of alkyl halides is 1. The maximum absolute atomic E-state index is 15.1. The van der Waals surface area contributed by atoms with Gasteiger partial charge in [-0.15, -0.1) is 0 Å². The molecule has 16 nitrogen and oxygen atoms in total. The summed E-state index contributed by atoms with van der Waals surface area (Å²) in [6.07, 6.45) is -7.31. The highest BCUT2D eigenvalue weighted by atomic mass is 32.1. The lowest BCUT2D eigenvalue weighted by Crippen LogP contribution is -2.43. The summed E-state index contributed by atoms with van der Waals surface area (Å²) in [5, 5.41) is 20.1. The normalized spacial score (nSPS) is 33.5. The molecule has 0 radical (unpaired) electrons. The zero-order valence-electron chi connectivity index (χ0n) is 16.0. The van der Waals surface area contributed by atoms with Crippen molar-refractivity contribution in [2.45, 2.75) is 31.2 Å². The van der Waals surface area contributed by atoms with E-state index in [9.17, 15) is 33.6 Å². The maximum atomic E-state index is 15.1. The van der Waals surface area contributed by atoms with Crippen molar-refractivity contribution in [3.8, 4) is 0 Å². The van der Waals surface area contributed by atoms with Gasteiger partial charge in [0.25, 0.3) is 5.85 Å². The molecule has 1 aromatic heterocycles. The lowest BCUT2D eigenvalue weighted by Gasteiger charge is -2.24. The van der Waals surface area contributed by atoms with Crippen molar-refractivity contribution in [2.75, 3.05) is 6.61 Å². The van der Waals surface area contributed by atoms with Gasteiger partial charge in [-0.25, -0.2) is 22.9 Å². The van der Waals surface area contributed by atoms with Crippen LogP contribution in [0.5, 0.6) is 0 Å². The number of ether oxygens (including phenoxy) is 1. The minimum absolute atomic E-state index is 0.0537. The Labute approximate surface area is 177 Å². The van der Waals surface area contributed by atoms with E-state index >= 15 is 4.39 Å². The number of aromatic amines is 1. The second-order valence-corrected chi connectivity index (χ2v) is 10.8. The molecule has 0 aromatic carbocycles. The number of H-pyrrole nitrogens is 1. The Hall–Kier alpha value is -0.680. The first-order chi connectivity index (χ1) is 14.2. The number of aliphatic hydroxyl groups is 2. The predicted octanol–water partition coefficient (Wildman–Crippen LogP) is -0.526. The van der Waals surface area contributed by atoms with Crippen LogP contribution in [0.4, 0.5) is 4.39 Å². The second-order valence-electron chi connectivity index (χ2n) is 5.92. The molecule has 0 aliphatic carbocycles. The van der Waals surface area contributed by atoms with Gasteiger partial charge in [-0.3, -0.25) is 14.1 Å². The number of phosphoric acid groups is 3. The summed E-state index contributed by atoms with van der Waals surface area (Å²) in [6, 6.07) is 0. The number of hydrogen-bond donors (Lipinski definition) is 7. The Kier molecular flexibility index (Phi) is 7.19. The van der Waals surface area contributed by atoms with Gasteiger partial charge < -0.3 is 34.5 Å². The van der Waals surface area contributed by atoms with Gasteiger partial charge in [0.2, 0.25) is 0 Å². The number of nitrogens with zero attached hydrogens (tertiary/aromatic N) is 1. The average molecular weight is 533 g/mol. The van der Waals surface area contributed by atoms with Crippen LogP contribution in [0.25, 0.3) is 0 Å². The first-order valence-corrected chi connectivity index (χ1v) is 12.5. The summed E-state index contributed by atoms with van der Waals surface area (Å²) >= 11 is 4.82. The van der Waals surface area contributed by atoms with Crippen LogP contribution in [-0.2, 0) is 31.6 Å². The third-order valence-corrected chi connectivity index (χ3v) is 7.67. The smallest absolute Gasteiger partial charge is 0.385 e. The van der Waals surface area contributed by atoms with E-state index in [1.54, 1.807) is 0 Å². The molecule has 7 N–H and O–H groups in total. The van der Waals surface area contributed by atoms with E-state index in [4.69, 9.17) is 28.3 Å². The van der Waals surface area contributed by atoms with E-state index in [0.29, 0.717) is 4.57 Å². The Morgan fingerprint density at radius 3 is 2.42 bits per heavy atom. The highest BCUT2D eigenvalue weighted by Gasteiger charge is 2.57. The van der Waals surface area contributed by atoms with Crippen LogP contribution in [0.3, 0.4) is 0 Å². The number of phosphoric ester groups is 1. The molecular formula is C10H16FN2O14P3S. The van der Waals surface area contributed by atoms with Gasteiger partial charge in [-0.1, -0.05) is 12.2 Å². The third kappa shape index (κ3) is 6.66. The number of aromatic nitrogens is 2. The largest absolute Gasteiger partial charge is 0.490 e. The van der Waals surface area contributed by atoms with Crippen LogP contribution in [-0.4, -0.2) is 64.0 Å². The molecule has 0 saturated carbocycles. The van der Waals surface area contributed by atoms with Gasteiger partial charge in [0.15, 0.2) is 6.20 Å². The van der Waals surface area contributed by atoms with Gasteiger partial charge in [-0.05, 0) is 6.92 Å². The van der Waals surface area contributed by atoms with Crippen molar-refractivity contribution in [3.05, 3.63) is 26.9 Å². The van der Waals surface area contributed by atoms with Crippen LogP contribution in [0.15, 0.2) is 11.0 Å². The maximum Gasteiger partial charge on any atom is 0.490 e. The van der Waals surface area contributed by atoms with Crippen molar-refractivity contribution >= 4 is 35.7 Å². The van der Waals surface area contributed by atoms with Crippen LogP contribution in [0.1, 0.15) is 13.1 Å². The fourth-order valence-electron chi connectivity index (χ4n) is 2.18. The molecule has 1 aliphatic heterocycles. The predicted molar refractivity (Wildman–Crippen MR) is 96.4 cm³/mol. The molecule has 0 bridgehead atoms. The van der Waals surface area contributed by atoms with Crippen molar-refractivity contribution in [1.82, 2.24) is 9.55 Å². The Morgan fingerprint density at radius 2 is 1.87 bits per heavy atom. The van der Waals surface area contributed by atoms with Crippen molar-refractivity contribution in [1.29, 1.82) is 0 Å². The summed E-state index contributed by atoms with van der Waals surface area (Å²) in [7, 11) is -17.4. The zero-order chi connectivity index (χ0) is 24.9. The lowest BCUT2D eigenvalue weighted by atomic mass is 10.1. The van der Waals surface area contributed by atoms with E-state index in [2.05, 4.69) is 22.9 Å². The minimum Gasteiger partial charge on any atom is -0.385 e. The summed E-state index contributed by atoms with van der Waals surface area (Å²) in [5.41, 5.74) is -0.972. The number of nitrogens with one attached hydrogen (secondary N) is 1. The molecule has 1 fully saturated rings. The van der Waals surface area contributed by atoms with E-state index in [1.807, 2.05) is 0 Å². The second kappa shape index (κ2) is 8.93. The highest BCUT2D eigenvalue weighted by Crippen LogP contribution is 2.66. The van der Waals surface area contributed by atoms with Crippen molar-refractivity contribution < 1.29 is 67.1 Å². The highest BCUT2D eigenvalue weighted by molar-refractivity contribution is 7.71. The molecule has 0 amide bonds. The molecule has 1 aliphatic rings. The molecule has 21 heteroatoms. The summed E-state index contributed by atoms with van der Waals surface area (Å²) in [5.74, 6) is -3.67. The van der Waals surface area contributed by atoms with E-state index < -0.39 is 60.0 Å². The molecule has 2 unspecified atom stereocenters. The molecule has 6 atom stereocenters. The fourth-order valence-corrected chi connectivity index (χ4v) is 5.35. The van der Waals surface area contributed by atoms with Gasteiger partial charge in [0, 0.05) is 11.8 Å². The lowest BCUT2D eigenvalue weighted by molar-refractivity contribution is -0.205. The molecule has 1 saturated heterocycles. The van der Waals surface area contributed by atoms with Gasteiger partial charge in [-0.2, -0.15) is 8.62 Å². The molecular weight excluding hydrogens is 516 g/mol. The Balaban J connectivity index is 2.26. The van der Waals surface area contributed by atoms with Crippen LogP contribution >= 0.6 is 35.7 Å². The first-order valence-electron chi connectivity index (χ1n) is 8.08. The number of aliphatic hydroxyl groups excluding tert-OH is 2. The molecule has 2 rings (SSSR count). The Bertz CT molecular complexity index is 1160. The van der Waals surface area contributed by atoms with E-state index in [1.165, 1.54) is 6.92 Å². The van der Waals surface area contributed by atoms with Gasteiger partial charge in [0.1, 0.15) is 23.5 Å². The molecule has 178 valence electrons. The monoisotopic (exact) mass is 533 g/mol. The zero-order valence-corrected chi connectivity index (χ0v) is 18.5. The summed E-state index contributed by atoms with van der Waals surface area (Å²) in [6.45, 7) is -0.458. The number of halogens is 1. The quantitative estimate of drug-likeness (QED) is 0.164. The fraction of sp³-hybridized carbons (Fsp3) is 0.600. The average Bonchev–Trinajstić information content (AvgIpc) is 2.75. The number of rotatable bonds is 8. The SMILES string of the molecule is [2H][C@@]1(n2cc(C)c(=S)[nH]c2=O)O[C@](F)(COP(=O)(O)OP(=O)(O)OP(=O)(O)O)[C@@H](O)[C@H]1O. The summed E-state index contributed by atoms with van der Waals surface area (Å²) < 4.78 is 72.6. The van der Waals surface area contributed by atoms with E-state index in [-0.39, 0.29) is 10.2 Å². The van der Waals surface area contributed by atoms with Crippen molar-refractivity contribution in [2.24, 2.45) is 0 Å². The summed E-state index contributed by atoms with van der Waals surface area (Å²) in [4.78, 5) is 49.5. The Morgan fingerprint density at radius 1 is 1.29 bits per heavy atom. The van der Waals surface area contributed by atoms with Crippen LogP contribution < -0.4 is 5.69 Å². The van der Waals surface area contributed by atoms with E-state index in [0.717, 1.165) is 6.20 Å². The van der Waals surface area contributed by atoms with Crippen LogP contribution in [0.2, 0.25) is 0 Å². The van der Waals surface area contributed by atoms with Crippen molar-refractivity contribution in [3.63, 3.8) is 0 Å².